The van der Waals surface area contributed by atoms with E-state index in [1.54, 1.807) is 12.1 Å². The molecule has 5 heteroatoms. The van der Waals surface area contributed by atoms with Gasteiger partial charge in [0.25, 0.3) is 5.91 Å². The maximum atomic E-state index is 12.1. The van der Waals surface area contributed by atoms with Crippen LogP contribution >= 0.6 is 15.9 Å². The standard InChI is InChI=1S/C12H17BrN2O2/c1-8(14)9-4-6-15(7-5-9)12(16)10-2-3-11(13)17-10/h2-3,8-9H,4-7,14H2,1H3. The molecular weight excluding hydrogens is 284 g/mol. The zero-order chi connectivity index (χ0) is 12.4. The number of piperidine rings is 1. The van der Waals surface area contributed by atoms with Crippen molar-refractivity contribution in [3.8, 4) is 0 Å². The average molecular weight is 301 g/mol. The zero-order valence-electron chi connectivity index (χ0n) is 9.86. The fraction of sp³-hybridized carbons (Fsp3) is 0.583. The lowest BCUT2D eigenvalue weighted by molar-refractivity contribution is 0.0647. The van der Waals surface area contributed by atoms with Crippen LogP contribution in [-0.4, -0.2) is 29.9 Å². The monoisotopic (exact) mass is 300 g/mol. The highest BCUT2D eigenvalue weighted by atomic mass is 79.9. The van der Waals surface area contributed by atoms with Gasteiger partial charge in [-0.2, -0.15) is 0 Å². The predicted octanol–water partition coefficient (Wildman–Crippen LogP) is 2.24. The first-order chi connectivity index (χ1) is 8.08. The molecule has 1 aromatic rings. The SMILES string of the molecule is CC(N)C1CCN(C(=O)c2ccc(Br)o2)CC1. The molecule has 94 valence electrons. The van der Waals surface area contributed by atoms with Gasteiger partial charge in [0, 0.05) is 19.1 Å². The fourth-order valence-electron chi connectivity index (χ4n) is 2.21. The van der Waals surface area contributed by atoms with E-state index in [2.05, 4.69) is 15.9 Å². The smallest absolute Gasteiger partial charge is 0.289 e. The molecule has 2 heterocycles. The summed E-state index contributed by atoms with van der Waals surface area (Å²) in [4.78, 5) is 13.9. The van der Waals surface area contributed by atoms with E-state index in [9.17, 15) is 4.79 Å². The third-order valence-corrected chi connectivity index (χ3v) is 3.78. The van der Waals surface area contributed by atoms with Gasteiger partial charge in [0.15, 0.2) is 10.4 Å². The molecule has 0 saturated carbocycles. The van der Waals surface area contributed by atoms with Crippen LogP contribution in [0, 0.1) is 5.92 Å². The second kappa shape index (κ2) is 5.23. The Balaban J connectivity index is 1.95. The van der Waals surface area contributed by atoms with Gasteiger partial charge < -0.3 is 15.1 Å². The molecule has 1 aliphatic rings. The summed E-state index contributed by atoms with van der Waals surface area (Å²) in [5.74, 6) is 0.900. The second-order valence-electron chi connectivity index (χ2n) is 4.59. The number of carbonyl (C=O) groups excluding carboxylic acids is 1. The molecule has 0 radical (unpaired) electrons. The molecule has 0 spiro atoms. The van der Waals surface area contributed by atoms with Gasteiger partial charge in [-0.05, 0) is 53.7 Å². The van der Waals surface area contributed by atoms with Crippen LogP contribution in [-0.2, 0) is 0 Å². The summed E-state index contributed by atoms with van der Waals surface area (Å²) in [6.07, 6.45) is 1.95. The molecule has 4 nitrogen and oxygen atoms in total. The Kier molecular flexibility index (Phi) is 3.89. The van der Waals surface area contributed by atoms with E-state index in [0.29, 0.717) is 16.3 Å². The van der Waals surface area contributed by atoms with Gasteiger partial charge in [0.05, 0.1) is 0 Å². The van der Waals surface area contributed by atoms with Crippen molar-refractivity contribution in [2.75, 3.05) is 13.1 Å². The third-order valence-electron chi connectivity index (χ3n) is 3.35. The molecule has 1 atom stereocenters. The fourth-order valence-corrected chi connectivity index (χ4v) is 2.52. The molecular formula is C12H17BrN2O2. The highest BCUT2D eigenvalue weighted by Crippen LogP contribution is 2.22. The van der Waals surface area contributed by atoms with Crippen molar-refractivity contribution < 1.29 is 9.21 Å². The van der Waals surface area contributed by atoms with Gasteiger partial charge in [0.1, 0.15) is 0 Å². The normalized spacial score (nSPS) is 19.4. The van der Waals surface area contributed by atoms with Crippen LogP contribution in [0.15, 0.2) is 21.2 Å². The van der Waals surface area contributed by atoms with Gasteiger partial charge >= 0.3 is 0 Å². The van der Waals surface area contributed by atoms with Crippen LogP contribution in [0.3, 0.4) is 0 Å². The molecule has 0 aromatic carbocycles. The first kappa shape index (κ1) is 12.6. The van der Waals surface area contributed by atoms with E-state index < -0.39 is 0 Å². The second-order valence-corrected chi connectivity index (χ2v) is 5.37. The predicted molar refractivity (Wildman–Crippen MR) is 68.7 cm³/mol. The number of hydrogen-bond acceptors (Lipinski definition) is 3. The summed E-state index contributed by atoms with van der Waals surface area (Å²) in [7, 11) is 0. The molecule has 2 rings (SSSR count). The van der Waals surface area contributed by atoms with Crippen molar-refractivity contribution in [1.82, 2.24) is 4.90 Å². The van der Waals surface area contributed by atoms with Crippen molar-refractivity contribution >= 4 is 21.8 Å². The molecule has 1 aliphatic heterocycles. The molecule has 1 fully saturated rings. The minimum atomic E-state index is -0.0289. The Morgan fingerprint density at radius 2 is 2.18 bits per heavy atom. The Morgan fingerprint density at radius 3 is 2.65 bits per heavy atom. The Morgan fingerprint density at radius 1 is 1.53 bits per heavy atom. The lowest BCUT2D eigenvalue weighted by Gasteiger charge is -2.33. The number of furan rings is 1. The summed E-state index contributed by atoms with van der Waals surface area (Å²) in [5, 5.41) is 0. The molecule has 17 heavy (non-hydrogen) atoms. The third kappa shape index (κ3) is 2.90. The summed E-state index contributed by atoms with van der Waals surface area (Å²) in [5.41, 5.74) is 5.87. The number of carbonyl (C=O) groups is 1. The molecule has 0 aliphatic carbocycles. The molecule has 1 unspecified atom stereocenters. The summed E-state index contributed by atoms with van der Waals surface area (Å²) in [6.45, 7) is 3.57. The highest BCUT2D eigenvalue weighted by molar-refractivity contribution is 9.10. The van der Waals surface area contributed by atoms with Crippen molar-refractivity contribution in [1.29, 1.82) is 0 Å². The minimum Gasteiger partial charge on any atom is -0.444 e. The lowest BCUT2D eigenvalue weighted by Crippen LogP contribution is -2.42. The van der Waals surface area contributed by atoms with Crippen molar-refractivity contribution in [3.05, 3.63) is 22.6 Å². The summed E-state index contributed by atoms with van der Waals surface area (Å²) < 4.78 is 5.86. The largest absolute Gasteiger partial charge is 0.444 e. The van der Waals surface area contributed by atoms with Gasteiger partial charge in [-0.25, -0.2) is 0 Å². The number of halogens is 1. The van der Waals surface area contributed by atoms with Gasteiger partial charge in [-0.15, -0.1) is 0 Å². The Hall–Kier alpha value is -0.810. The van der Waals surface area contributed by atoms with E-state index >= 15 is 0 Å². The van der Waals surface area contributed by atoms with E-state index in [1.807, 2.05) is 11.8 Å². The molecule has 1 saturated heterocycles. The first-order valence-electron chi connectivity index (χ1n) is 5.88. The van der Waals surface area contributed by atoms with E-state index in [1.165, 1.54) is 0 Å². The Bertz CT molecular complexity index is 395. The number of amides is 1. The lowest BCUT2D eigenvalue weighted by atomic mass is 9.91. The average Bonchev–Trinajstić information content (AvgIpc) is 2.75. The number of likely N-dealkylation sites (tertiary alicyclic amines) is 1. The number of rotatable bonds is 2. The van der Waals surface area contributed by atoms with Crippen molar-refractivity contribution in [3.63, 3.8) is 0 Å². The van der Waals surface area contributed by atoms with Crippen LogP contribution in [0.4, 0.5) is 0 Å². The van der Waals surface area contributed by atoms with Crippen molar-refractivity contribution in [2.45, 2.75) is 25.8 Å². The molecule has 1 aromatic heterocycles. The molecule has 0 bridgehead atoms. The topological polar surface area (TPSA) is 59.5 Å². The van der Waals surface area contributed by atoms with Gasteiger partial charge in [-0.1, -0.05) is 0 Å². The Labute approximate surface area is 109 Å². The minimum absolute atomic E-state index is 0.0289. The molecule has 2 N–H and O–H groups in total. The maximum Gasteiger partial charge on any atom is 0.289 e. The van der Waals surface area contributed by atoms with Crippen LogP contribution in [0.25, 0.3) is 0 Å². The quantitative estimate of drug-likeness (QED) is 0.911. The van der Waals surface area contributed by atoms with Gasteiger partial charge in [0.2, 0.25) is 0 Å². The number of nitrogens with zero attached hydrogens (tertiary/aromatic N) is 1. The first-order valence-corrected chi connectivity index (χ1v) is 6.67. The van der Waals surface area contributed by atoms with E-state index in [0.717, 1.165) is 25.9 Å². The van der Waals surface area contributed by atoms with Gasteiger partial charge in [-0.3, -0.25) is 4.79 Å². The van der Waals surface area contributed by atoms with E-state index in [4.69, 9.17) is 10.2 Å². The van der Waals surface area contributed by atoms with Crippen molar-refractivity contribution in [2.24, 2.45) is 11.7 Å². The maximum absolute atomic E-state index is 12.1. The van der Waals surface area contributed by atoms with Crippen LogP contribution in [0.2, 0.25) is 0 Å². The molecule has 1 amide bonds. The van der Waals surface area contributed by atoms with Crippen LogP contribution < -0.4 is 5.73 Å². The summed E-state index contributed by atoms with van der Waals surface area (Å²) >= 11 is 3.20. The number of nitrogens with two attached hydrogens (primary N) is 1. The highest BCUT2D eigenvalue weighted by Gasteiger charge is 2.26. The number of hydrogen-bond donors (Lipinski definition) is 1. The summed E-state index contributed by atoms with van der Waals surface area (Å²) in [6, 6.07) is 3.65. The van der Waals surface area contributed by atoms with Crippen LogP contribution in [0.1, 0.15) is 30.3 Å². The zero-order valence-corrected chi connectivity index (χ0v) is 11.4. The van der Waals surface area contributed by atoms with E-state index in [-0.39, 0.29) is 11.9 Å². The van der Waals surface area contributed by atoms with Crippen LogP contribution in [0.5, 0.6) is 0 Å².